The van der Waals surface area contributed by atoms with Gasteiger partial charge in [-0.15, -0.1) is 0 Å². The summed E-state index contributed by atoms with van der Waals surface area (Å²) in [5, 5.41) is 0. The second kappa shape index (κ2) is 7.66. The molecule has 6 nitrogen and oxygen atoms in total. The Hall–Kier alpha value is -2.69. The van der Waals surface area contributed by atoms with E-state index in [0.29, 0.717) is 11.3 Å². The smallest absolute Gasteiger partial charge is 0.241 e. The summed E-state index contributed by atoms with van der Waals surface area (Å²) in [6, 6.07) is 20.6. The summed E-state index contributed by atoms with van der Waals surface area (Å²) in [7, 11) is 0. The molecular weight excluding hydrogens is 613 g/mol. The molecule has 0 aromatic heterocycles. The first kappa shape index (κ1) is 21.8. The molecule has 0 saturated carbocycles. The predicted molar refractivity (Wildman–Crippen MR) is 134 cm³/mol. The van der Waals surface area contributed by atoms with Gasteiger partial charge >= 0.3 is 0 Å². The lowest BCUT2D eigenvalue weighted by Crippen LogP contribution is -2.51. The number of halogens is 2. The first-order valence-electron chi connectivity index (χ1n) is 10.6. The van der Waals surface area contributed by atoms with E-state index in [2.05, 4.69) is 38.5 Å². The number of ether oxygens (including phenoxy) is 1. The summed E-state index contributed by atoms with van der Waals surface area (Å²) < 4.78 is 8.05. The summed E-state index contributed by atoms with van der Waals surface area (Å²) in [6.45, 7) is 0. The number of rotatable bonds is 2. The number of nitrogens with zero attached hydrogens (tertiary/aromatic N) is 1. The number of imide groups is 1. The minimum atomic E-state index is -2.06. The van der Waals surface area contributed by atoms with Crippen LogP contribution >= 0.6 is 38.5 Å². The highest BCUT2D eigenvalue weighted by molar-refractivity contribution is 14.1. The zero-order valence-electron chi connectivity index (χ0n) is 17.4. The van der Waals surface area contributed by atoms with E-state index in [4.69, 9.17) is 4.74 Å². The highest BCUT2D eigenvalue weighted by Crippen LogP contribution is 2.57. The number of hydrogen-bond donors (Lipinski definition) is 0. The fraction of sp³-hybridized carbons (Fsp3) is 0.154. The number of carbonyl (C=O) groups excluding carboxylic acids is 4. The van der Waals surface area contributed by atoms with Gasteiger partial charge in [-0.1, -0.05) is 52.3 Å². The number of carbonyl (C=O) groups is 4. The van der Waals surface area contributed by atoms with Gasteiger partial charge < -0.3 is 4.74 Å². The van der Waals surface area contributed by atoms with Gasteiger partial charge in [0.15, 0.2) is 0 Å². The van der Waals surface area contributed by atoms with Gasteiger partial charge in [0.05, 0.1) is 23.6 Å². The molecule has 6 rings (SSSR count). The van der Waals surface area contributed by atoms with Crippen molar-refractivity contribution in [1.29, 1.82) is 0 Å². The average molecular weight is 628 g/mol. The summed E-state index contributed by atoms with van der Waals surface area (Å²) >= 11 is 5.54. The van der Waals surface area contributed by atoms with Crippen LogP contribution in [0.4, 0.5) is 5.69 Å². The Morgan fingerprint density at radius 2 is 1.38 bits per heavy atom. The zero-order chi connectivity index (χ0) is 23.8. The Bertz CT molecular complexity index is 1370. The number of Topliss-reactive ketones (excluding diaryl/α,β-unsaturated/α-hetero) is 2. The van der Waals surface area contributed by atoms with Crippen LogP contribution in [0.15, 0.2) is 77.3 Å². The van der Waals surface area contributed by atoms with Crippen LogP contribution in [0.25, 0.3) is 0 Å². The average Bonchev–Trinajstić information content (AvgIpc) is 3.40. The third kappa shape index (κ3) is 2.82. The van der Waals surface area contributed by atoms with Gasteiger partial charge in [0.25, 0.3) is 0 Å². The number of anilines is 1. The minimum Gasteiger partial charge on any atom is -0.349 e. The van der Waals surface area contributed by atoms with Gasteiger partial charge in [0.1, 0.15) is 0 Å². The van der Waals surface area contributed by atoms with Gasteiger partial charge in [0, 0.05) is 19.2 Å². The van der Waals surface area contributed by atoms with Crippen molar-refractivity contribution in [2.75, 3.05) is 4.90 Å². The number of benzene rings is 3. The largest absolute Gasteiger partial charge is 0.349 e. The molecule has 34 heavy (non-hydrogen) atoms. The molecule has 0 bridgehead atoms. The molecule has 1 aliphatic carbocycles. The van der Waals surface area contributed by atoms with Crippen LogP contribution in [0.3, 0.4) is 0 Å². The standard InChI is InChI=1S/C26H15BrINO5/c27-14-7-5-13(6-8-14)21-19-20(25(33)29(24(19)32)16-11-9-15(28)10-12-16)26(34-21)22(30)17-3-1-2-4-18(17)23(26)31/h1-12,19-21H/t19-,20-,21-/m0/s1. The van der Waals surface area contributed by atoms with Gasteiger partial charge in [0.2, 0.25) is 29.0 Å². The Balaban J connectivity index is 1.54. The molecular formula is C26H15BrINO5. The van der Waals surface area contributed by atoms with Gasteiger partial charge in [-0.25, -0.2) is 4.90 Å². The van der Waals surface area contributed by atoms with Crippen molar-refractivity contribution in [2.45, 2.75) is 11.7 Å². The van der Waals surface area contributed by atoms with Crippen LogP contribution < -0.4 is 4.90 Å². The van der Waals surface area contributed by atoms with Crippen molar-refractivity contribution in [3.8, 4) is 0 Å². The van der Waals surface area contributed by atoms with Crippen LogP contribution in [0.2, 0.25) is 0 Å². The molecule has 0 radical (unpaired) electrons. The Kier molecular flexibility index (Phi) is 4.91. The van der Waals surface area contributed by atoms with Gasteiger partial charge in [-0.2, -0.15) is 0 Å². The van der Waals surface area contributed by atoms with E-state index in [-0.39, 0.29) is 11.1 Å². The maximum absolute atomic E-state index is 13.8. The normalized spacial score (nSPS) is 24.8. The minimum absolute atomic E-state index is 0.218. The van der Waals surface area contributed by atoms with Crippen molar-refractivity contribution in [1.82, 2.24) is 0 Å². The molecule has 3 aromatic rings. The molecule has 3 aliphatic rings. The summed E-state index contributed by atoms with van der Waals surface area (Å²) in [6.07, 6.45) is -0.925. The molecule has 2 aliphatic heterocycles. The molecule has 0 N–H and O–H groups in total. The first-order valence-corrected chi connectivity index (χ1v) is 12.5. The Morgan fingerprint density at radius 3 is 1.97 bits per heavy atom. The molecule has 2 heterocycles. The maximum Gasteiger partial charge on any atom is 0.241 e. The highest BCUT2D eigenvalue weighted by Gasteiger charge is 2.74. The fourth-order valence-corrected chi connectivity index (χ4v) is 5.94. The highest BCUT2D eigenvalue weighted by atomic mass is 127. The molecule has 0 unspecified atom stereocenters. The van der Waals surface area contributed by atoms with Crippen molar-refractivity contribution in [2.24, 2.45) is 11.8 Å². The van der Waals surface area contributed by atoms with E-state index in [1.807, 2.05) is 0 Å². The number of ketones is 2. The summed E-state index contributed by atoms with van der Waals surface area (Å²) in [5.74, 6) is -4.44. The molecule has 3 atom stereocenters. The third-order valence-corrected chi connectivity index (χ3v) is 8.05. The van der Waals surface area contributed by atoms with Crippen molar-refractivity contribution in [3.63, 3.8) is 0 Å². The summed E-state index contributed by atoms with van der Waals surface area (Å²) in [5.41, 5.74) is -0.593. The molecule has 1 spiro atoms. The van der Waals surface area contributed by atoms with Crippen LogP contribution in [0.1, 0.15) is 32.4 Å². The van der Waals surface area contributed by atoms with Crippen LogP contribution in [0, 0.1) is 15.4 Å². The Morgan fingerprint density at radius 1 is 0.794 bits per heavy atom. The maximum atomic E-state index is 13.8. The monoisotopic (exact) mass is 627 g/mol. The van der Waals surface area contributed by atoms with Gasteiger partial charge in [-0.05, 0) is 64.6 Å². The zero-order valence-corrected chi connectivity index (χ0v) is 21.1. The van der Waals surface area contributed by atoms with Crippen LogP contribution in [-0.4, -0.2) is 29.0 Å². The molecule has 168 valence electrons. The summed E-state index contributed by atoms with van der Waals surface area (Å²) in [4.78, 5) is 56.1. The number of hydrogen-bond acceptors (Lipinski definition) is 5. The quantitative estimate of drug-likeness (QED) is 0.233. The second-order valence-electron chi connectivity index (χ2n) is 8.52. The van der Waals surface area contributed by atoms with E-state index in [9.17, 15) is 19.2 Å². The number of fused-ring (bicyclic) bond motifs is 3. The van der Waals surface area contributed by atoms with Gasteiger partial charge in [-0.3, -0.25) is 19.2 Å². The van der Waals surface area contributed by atoms with Crippen LogP contribution in [0.5, 0.6) is 0 Å². The lowest BCUT2D eigenvalue weighted by molar-refractivity contribution is -0.127. The lowest BCUT2D eigenvalue weighted by Gasteiger charge is -2.27. The Labute approximate surface area is 216 Å². The first-order chi connectivity index (χ1) is 16.3. The van der Waals surface area contributed by atoms with E-state index in [1.165, 1.54) is 0 Å². The fourth-order valence-electron chi connectivity index (χ4n) is 5.32. The molecule has 2 saturated heterocycles. The third-order valence-electron chi connectivity index (χ3n) is 6.80. The second-order valence-corrected chi connectivity index (χ2v) is 10.7. The molecule has 2 fully saturated rings. The number of amides is 2. The van der Waals surface area contributed by atoms with Crippen molar-refractivity contribution < 1.29 is 23.9 Å². The topological polar surface area (TPSA) is 80.8 Å². The predicted octanol–water partition coefficient (Wildman–Crippen LogP) is 4.75. The van der Waals surface area contributed by atoms with Crippen LogP contribution in [-0.2, 0) is 14.3 Å². The molecule has 2 amide bonds. The van der Waals surface area contributed by atoms with Crippen molar-refractivity contribution in [3.05, 3.63) is 97.5 Å². The lowest BCUT2D eigenvalue weighted by atomic mass is 9.77. The van der Waals surface area contributed by atoms with E-state index in [0.717, 1.165) is 12.9 Å². The molecule has 8 heteroatoms. The van der Waals surface area contributed by atoms with E-state index < -0.39 is 46.9 Å². The molecule has 3 aromatic carbocycles. The van der Waals surface area contributed by atoms with E-state index in [1.54, 1.807) is 72.8 Å². The van der Waals surface area contributed by atoms with Crippen molar-refractivity contribution >= 4 is 67.6 Å². The SMILES string of the molecule is O=C1[C@H]2[C@@H](C(=O)N1c1ccc(I)cc1)C1(O[C@H]2c2ccc(Br)cc2)C(=O)c2ccccc2C1=O. The van der Waals surface area contributed by atoms with E-state index >= 15 is 0 Å².